The molecule has 0 atom stereocenters. The first kappa shape index (κ1) is 19.8. The zero-order valence-electron chi connectivity index (χ0n) is 16.9. The molecule has 0 spiro atoms. The predicted molar refractivity (Wildman–Crippen MR) is 113 cm³/mol. The number of hydrogen-bond acceptors (Lipinski definition) is 6. The zero-order chi connectivity index (χ0) is 21.8. The van der Waals surface area contributed by atoms with Gasteiger partial charge in [0.15, 0.2) is 5.76 Å². The molecule has 1 aliphatic rings. The number of aliphatic hydroxyl groups is 1. The molecule has 0 amide bonds. The van der Waals surface area contributed by atoms with E-state index in [9.17, 15) is 9.50 Å². The van der Waals surface area contributed by atoms with Crippen molar-refractivity contribution in [3.8, 4) is 33.8 Å². The zero-order valence-corrected chi connectivity index (χ0v) is 17.6. The van der Waals surface area contributed by atoms with Gasteiger partial charge in [0, 0.05) is 11.9 Å². The maximum Gasteiger partial charge on any atom is 0.180 e. The Kier molecular flexibility index (Phi) is 4.64. The fourth-order valence-electron chi connectivity index (χ4n) is 4.19. The van der Waals surface area contributed by atoms with Gasteiger partial charge >= 0.3 is 0 Å². The summed E-state index contributed by atoms with van der Waals surface area (Å²) < 4.78 is 22.3. The minimum Gasteiger partial charge on any atom is -0.390 e. The highest BCUT2D eigenvalue weighted by molar-refractivity contribution is 6.33. The quantitative estimate of drug-likeness (QED) is 0.489. The molecule has 3 heterocycles. The Morgan fingerprint density at radius 2 is 2.06 bits per heavy atom. The lowest BCUT2D eigenvalue weighted by Gasteiger charge is -2.41. The molecule has 1 aliphatic carbocycles. The van der Waals surface area contributed by atoms with Crippen LogP contribution >= 0.6 is 11.6 Å². The van der Waals surface area contributed by atoms with Crippen molar-refractivity contribution in [2.24, 2.45) is 0 Å². The molecular weight excluding hydrogens is 421 g/mol. The second-order valence-electron chi connectivity index (χ2n) is 8.07. The molecule has 0 unspecified atom stereocenters. The molecule has 4 aromatic rings. The SMILES string of the molecule is Cc1c(-c2onc(-c3c(F)cccc3Cl)c2-c2ccncn2)cnn1C1CC(C)(O)C1. The predicted octanol–water partition coefficient (Wildman–Crippen LogP) is 4.85. The van der Waals surface area contributed by atoms with Gasteiger partial charge in [-0.05, 0) is 44.9 Å². The highest BCUT2D eigenvalue weighted by Crippen LogP contribution is 2.45. The molecular formula is C22H19ClFN5O2. The van der Waals surface area contributed by atoms with Gasteiger partial charge in [0.25, 0.3) is 0 Å². The normalized spacial score (nSPS) is 20.6. The molecule has 0 aliphatic heterocycles. The molecule has 0 saturated heterocycles. The van der Waals surface area contributed by atoms with Crippen LogP contribution < -0.4 is 0 Å². The van der Waals surface area contributed by atoms with Gasteiger partial charge in [-0.25, -0.2) is 14.4 Å². The first-order chi connectivity index (χ1) is 14.9. The van der Waals surface area contributed by atoms with Crippen LogP contribution in [-0.2, 0) is 0 Å². The van der Waals surface area contributed by atoms with Crippen LogP contribution in [0.4, 0.5) is 4.39 Å². The average molecular weight is 440 g/mol. The Balaban J connectivity index is 1.68. The summed E-state index contributed by atoms with van der Waals surface area (Å²) in [6, 6.07) is 6.27. The van der Waals surface area contributed by atoms with E-state index in [1.165, 1.54) is 18.5 Å². The Hall–Kier alpha value is -3.10. The standard InChI is InChI=1S/C22H19ClFN5O2/c1-12-14(10-27-29(12)13-8-22(2,30)9-13)21-19(17-6-7-25-11-26-17)20(28-31-21)18-15(23)4-3-5-16(18)24/h3-7,10-11,13,30H,8-9H2,1-2H3. The fourth-order valence-corrected chi connectivity index (χ4v) is 4.44. The molecule has 1 aromatic carbocycles. The summed E-state index contributed by atoms with van der Waals surface area (Å²) in [5.41, 5.74) is 2.35. The number of nitrogens with zero attached hydrogens (tertiary/aromatic N) is 5. The van der Waals surface area contributed by atoms with Crippen LogP contribution in [0.2, 0.25) is 5.02 Å². The van der Waals surface area contributed by atoms with E-state index < -0.39 is 11.4 Å². The van der Waals surface area contributed by atoms with Gasteiger partial charge < -0.3 is 9.63 Å². The Morgan fingerprint density at radius 3 is 2.74 bits per heavy atom. The van der Waals surface area contributed by atoms with E-state index in [1.807, 2.05) is 18.5 Å². The monoisotopic (exact) mass is 439 g/mol. The largest absolute Gasteiger partial charge is 0.390 e. The second kappa shape index (κ2) is 7.25. The van der Waals surface area contributed by atoms with E-state index in [-0.39, 0.29) is 22.3 Å². The molecule has 1 N–H and O–H groups in total. The van der Waals surface area contributed by atoms with E-state index in [2.05, 4.69) is 20.2 Å². The minimum absolute atomic E-state index is 0.106. The molecule has 1 fully saturated rings. The molecule has 9 heteroatoms. The van der Waals surface area contributed by atoms with Gasteiger partial charge in [-0.2, -0.15) is 5.10 Å². The van der Waals surface area contributed by atoms with Crippen LogP contribution in [0.1, 0.15) is 31.5 Å². The smallest absolute Gasteiger partial charge is 0.180 e. The summed E-state index contributed by atoms with van der Waals surface area (Å²) >= 11 is 6.31. The average Bonchev–Trinajstić information content (AvgIpc) is 3.30. The van der Waals surface area contributed by atoms with Gasteiger partial charge in [0.1, 0.15) is 17.8 Å². The van der Waals surface area contributed by atoms with Crippen LogP contribution in [0, 0.1) is 12.7 Å². The van der Waals surface area contributed by atoms with Gasteiger partial charge in [-0.3, -0.25) is 4.68 Å². The Morgan fingerprint density at radius 1 is 1.26 bits per heavy atom. The van der Waals surface area contributed by atoms with E-state index in [0.717, 1.165) is 5.69 Å². The Labute approximate surface area is 182 Å². The second-order valence-corrected chi connectivity index (χ2v) is 8.48. The van der Waals surface area contributed by atoms with Crippen LogP contribution in [0.5, 0.6) is 0 Å². The molecule has 1 saturated carbocycles. The lowest BCUT2D eigenvalue weighted by molar-refractivity contribution is -0.0548. The van der Waals surface area contributed by atoms with Crippen molar-refractivity contribution in [2.45, 2.75) is 38.3 Å². The van der Waals surface area contributed by atoms with Gasteiger partial charge in [0.05, 0.1) is 45.2 Å². The summed E-state index contributed by atoms with van der Waals surface area (Å²) in [6.07, 6.45) is 5.95. The lowest BCUT2D eigenvalue weighted by atomic mass is 9.77. The first-order valence-electron chi connectivity index (χ1n) is 9.83. The van der Waals surface area contributed by atoms with Gasteiger partial charge in [-0.1, -0.05) is 22.8 Å². The fraction of sp³-hybridized carbons (Fsp3) is 0.273. The van der Waals surface area contributed by atoms with Gasteiger partial charge in [-0.15, -0.1) is 0 Å². The maximum absolute atomic E-state index is 14.7. The van der Waals surface area contributed by atoms with E-state index in [0.29, 0.717) is 35.4 Å². The summed E-state index contributed by atoms with van der Waals surface area (Å²) in [5, 5.41) is 19.0. The number of aromatic nitrogens is 5. The van der Waals surface area contributed by atoms with Crippen molar-refractivity contribution in [1.82, 2.24) is 24.9 Å². The van der Waals surface area contributed by atoms with Crippen LogP contribution in [-0.4, -0.2) is 35.6 Å². The minimum atomic E-state index is -0.670. The third-order valence-electron chi connectivity index (χ3n) is 5.72. The van der Waals surface area contributed by atoms with Crippen LogP contribution in [0.15, 0.2) is 47.5 Å². The molecule has 5 rings (SSSR count). The summed E-state index contributed by atoms with van der Waals surface area (Å²) in [4.78, 5) is 8.30. The molecule has 31 heavy (non-hydrogen) atoms. The topological polar surface area (TPSA) is 89.9 Å². The van der Waals surface area contributed by atoms with Crippen LogP contribution in [0.25, 0.3) is 33.8 Å². The summed E-state index contributed by atoms with van der Waals surface area (Å²) in [7, 11) is 0. The molecule has 0 bridgehead atoms. The Bertz CT molecular complexity index is 1240. The van der Waals surface area contributed by atoms with E-state index in [4.69, 9.17) is 16.1 Å². The third-order valence-corrected chi connectivity index (χ3v) is 6.03. The van der Waals surface area contributed by atoms with E-state index in [1.54, 1.807) is 24.5 Å². The van der Waals surface area contributed by atoms with Crippen molar-refractivity contribution in [1.29, 1.82) is 0 Å². The number of hydrogen-bond donors (Lipinski definition) is 1. The number of rotatable bonds is 4. The van der Waals surface area contributed by atoms with Crippen molar-refractivity contribution in [3.05, 3.63) is 59.5 Å². The number of halogens is 2. The van der Waals surface area contributed by atoms with Crippen molar-refractivity contribution in [2.75, 3.05) is 0 Å². The summed E-state index contributed by atoms with van der Waals surface area (Å²) in [5.74, 6) is -0.0883. The third kappa shape index (κ3) is 3.32. The number of benzene rings is 1. The van der Waals surface area contributed by atoms with Crippen LogP contribution in [0.3, 0.4) is 0 Å². The molecule has 7 nitrogen and oxygen atoms in total. The van der Waals surface area contributed by atoms with E-state index >= 15 is 0 Å². The van der Waals surface area contributed by atoms with Crippen molar-refractivity contribution in [3.63, 3.8) is 0 Å². The van der Waals surface area contributed by atoms with Crippen molar-refractivity contribution >= 4 is 11.6 Å². The molecule has 3 aromatic heterocycles. The first-order valence-corrected chi connectivity index (χ1v) is 10.2. The highest BCUT2D eigenvalue weighted by Gasteiger charge is 2.41. The van der Waals surface area contributed by atoms with Crippen molar-refractivity contribution < 1.29 is 14.0 Å². The van der Waals surface area contributed by atoms with Gasteiger partial charge in [0.2, 0.25) is 0 Å². The molecule has 158 valence electrons. The highest BCUT2D eigenvalue weighted by atomic mass is 35.5. The lowest BCUT2D eigenvalue weighted by Crippen LogP contribution is -2.42. The molecule has 0 radical (unpaired) electrons. The summed E-state index contributed by atoms with van der Waals surface area (Å²) in [6.45, 7) is 3.74. The maximum atomic E-state index is 14.7.